The van der Waals surface area contributed by atoms with Crippen LogP contribution in [0.15, 0.2) is 23.1 Å². The van der Waals surface area contributed by atoms with E-state index in [1.807, 2.05) is 19.9 Å². The predicted molar refractivity (Wildman–Crippen MR) is 85.6 cm³/mol. The van der Waals surface area contributed by atoms with Crippen LogP contribution in [0, 0.1) is 5.92 Å². The minimum absolute atomic E-state index is 0.110. The minimum Gasteiger partial charge on any atom is -0.393 e. The van der Waals surface area contributed by atoms with E-state index in [9.17, 15) is 9.90 Å². The molecule has 0 saturated carbocycles. The highest BCUT2D eigenvalue weighted by atomic mass is 35.5. The zero-order chi connectivity index (χ0) is 15.1. The molecule has 1 amide bonds. The highest BCUT2D eigenvalue weighted by Gasteiger charge is 2.14. The number of aliphatic hydroxyl groups is 1. The summed E-state index contributed by atoms with van der Waals surface area (Å²) < 4.78 is 0. The number of carbonyl (C=O) groups is 1. The van der Waals surface area contributed by atoms with E-state index in [1.54, 1.807) is 30.8 Å². The predicted octanol–water partition coefficient (Wildman–Crippen LogP) is 3.59. The van der Waals surface area contributed by atoms with Crippen LogP contribution < -0.4 is 5.32 Å². The summed E-state index contributed by atoms with van der Waals surface area (Å²) in [5.74, 6) is 1.03. The summed E-state index contributed by atoms with van der Waals surface area (Å²) in [5.41, 5.74) is 0.619. The molecule has 0 radical (unpaired) electrons. The van der Waals surface area contributed by atoms with Crippen LogP contribution in [0.5, 0.6) is 0 Å². The number of benzene rings is 1. The quantitative estimate of drug-likeness (QED) is 0.756. The highest BCUT2D eigenvalue weighted by Crippen LogP contribution is 2.25. The van der Waals surface area contributed by atoms with Crippen LogP contribution in [0.1, 0.15) is 37.6 Å². The Labute approximate surface area is 130 Å². The van der Waals surface area contributed by atoms with E-state index in [1.165, 1.54) is 0 Å². The van der Waals surface area contributed by atoms with Crippen molar-refractivity contribution in [2.24, 2.45) is 5.92 Å². The fraction of sp³-hybridized carbons (Fsp3) is 0.533. The number of rotatable bonds is 7. The van der Waals surface area contributed by atoms with Crippen molar-refractivity contribution < 1.29 is 9.90 Å². The number of aliphatic hydroxyl groups excluding tert-OH is 1. The molecule has 3 nitrogen and oxygen atoms in total. The number of carbonyl (C=O) groups excluding carboxylic acids is 1. The van der Waals surface area contributed by atoms with Crippen LogP contribution in [0.3, 0.4) is 0 Å². The van der Waals surface area contributed by atoms with Crippen LogP contribution >= 0.6 is 23.4 Å². The van der Waals surface area contributed by atoms with Crippen molar-refractivity contribution in [2.75, 3.05) is 12.3 Å². The molecule has 2 N–H and O–H groups in total. The Morgan fingerprint density at radius 3 is 2.75 bits per heavy atom. The van der Waals surface area contributed by atoms with Gasteiger partial charge in [-0.2, -0.15) is 0 Å². The summed E-state index contributed by atoms with van der Waals surface area (Å²) >= 11 is 7.59. The van der Waals surface area contributed by atoms with Crippen LogP contribution in [0.2, 0.25) is 5.02 Å². The Bertz CT molecular complexity index is 451. The molecular formula is C15H22ClNO2S. The van der Waals surface area contributed by atoms with Crippen molar-refractivity contribution in [3.05, 3.63) is 28.8 Å². The molecule has 0 heterocycles. The second-order valence-electron chi connectivity index (χ2n) is 4.97. The lowest BCUT2D eigenvalue weighted by Gasteiger charge is -2.15. The molecule has 2 atom stereocenters. The first-order chi connectivity index (χ1) is 9.43. The minimum atomic E-state index is -0.348. The molecule has 1 aromatic carbocycles. The maximum absolute atomic E-state index is 12.2. The molecule has 0 spiro atoms. The number of amides is 1. The average molecular weight is 316 g/mol. The van der Waals surface area contributed by atoms with Gasteiger partial charge in [-0.3, -0.25) is 4.79 Å². The van der Waals surface area contributed by atoms with Gasteiger partial charge in [-0.15, -0.1) is 11.8 Å². The van der Waals surface area contributed by atoms with Gasteiger partial charge >= 0.3 is 0 Å². The molecule has 0 saturated heterocycles. The van der Waals surface area contributed by atoms with E-state index < -0.39 is 0 Å². The fourth-order valence-electron chi connectivity index (χ4n) is 1.99. The molecule has 0 bridgehead atoms. The molecule has 0 aromatic heterocycles. The van der Waals surface area contributed by atoms with Gasteiger partial charge in [-0.1, -0.05) is 25.4 Å². The van der Waals surface area contributed by atoms with E-state index in [4.69, 9.17) is 11.6 Å². The molecule has 0 aliphatic rings. The molecule has 5 heteroatoms. The summed E-state index contributed by atoms with van der Waals surface area (Å²) in [6, 6.07) is 5.38. The van der Waals surface area contributed by atoms with Crippen LogP contribution in [-0.4, -0.2) is 29.4 Å². The zero-order valence-electron chi connectivity index (χ0n) is 12.1. The summed E-state index contributed by atoms with van der Waals surface area (Å²) in [7, 11) is 0. The highest BCUT2D eigenvalue weighted by molar-refractivity contribution is 7.99. The van der Waals surface area contributed by atoms with E-state index in [2.05, 4.69) is 5.32 Å². The second kappa shape index (κ2) is 8.55. The van der Waals surface area contributed by atoms with Gasteiger partial charge in [-0.25, -0.2) is 0 Å². The molecular weight excluding hydrogens is 294 g/mol. The van der Waals surface area contributed by atoms with Gasteiger partial charge < -0.3 is 10.4 Å². The van der Waals surface area contributed by atoms with Gasteiger partial charge in [0.1, 0.15) is 0 Å². The lowest BCUT2D eigenvalue weighted by atomic mass is 10.0. The molecule has 20 heavy (non-hydrogen) atoms. The normalized spacial score (nSPS) is 13.8. The maximum Gasteiger partial charge on any atom is 0.252 e. The van der Waals surface area contributed by atoms with Crippen LogP contribution in [0.25, 0.3) is 0 Å². The Morgan fingerprint density at radius 2 is 2.15 bits per heavy atom. The van der Waals surface area contributed by atoms with Gasteiger partial charge in [0.2, 0.25) is 0 Å². The van der Waals surface area contributed by atoms with Crippen LogP contribution in [-0.2, 0) is 0 Å². The summed E-state index contributed by atoms with van der Waals surface area (Å²) in [6.07, 6.45) is 0.325. The van der Waals surface area contributed by atoms with Crippen molar-refractivity contribution in [2.45, 2.75) is 38.2 Å². The fourth-order valence-corrected chi connectivity index (χ4v) is 2.94. The Hall–Kier alpha value is -0.710. The number of halogens is 1. The van der Waals surface area contributed by atoms with E-state index in [-0.39, 0.29) is 17.9 Å². The zero-order valence-corrected chi connectivity index (χ0v) is 13.7. The Kier molecular flexibility index (Phi) is 7.41. The van der Waals surface area contributed by atoms with Crippen molar-refractivity contribution in [3.63, 3.8) is 0 Å². The molecule has 112 valence electrons. The number of hydrogen-bond donors (Lipinski definition) is 2. The molecule has 0 aliphatic heterocycles. The molecule has 0 aliphatic carbocycles. The number of hydrogen-bond acceptors (Lipinski definition) is 3. The van der Waals surface area contributed by atoms with E-state index in [0.29, 0.717) is 23.6 Å². The lowest BCUT2D eigenvalue weighted by Crippen LogP contribution is -2.29. The van der Waals surface area contributed by atoms with E-state index >= 15 is 0 Å². The van der Waals surface area contributed by atoms with E-state index in [0.717, 1.165) is 10.6 Å². The third kappa shape index (κ3) is 5.73. The summed E-state index contributed by atoms with van der Waals surface area (Å²) in [6.45, 7) is 6.36. The maximum atomic E-state index is 12.2. The average Bonchev–Trinajstić information content (AvgIpc) is 2.37. The first-order valence-corrected chi connectivity index (χ1v) is 8.19. The first-order valence-electron chi connectivity index (χ1n) is 6.82. The standard InChI is InChI=1S/C15H22ClNO2S/c1-4-20-14-6-5-12(16)8-13(14)15(19)17-9-10(2)7-11(3)18/h5-6,8,10-11,18H,4,7,9H2,1-3H3,(H,17,19)/t10-,11+/m1/s1. The topological polar surface area (TPSA) is 49.3 Å². The van der Waals surface area contributed by atoms with Crippen LogP contribution in [0.4, 0.5) is 0 Å². The first kappa shape index (κ1) is 17.3. The SMILES string of the molecule is CCSc1ccc(Cl)cc1C(=O)NC[C@H](C)C[C@H](C)O. The Balaban J connectivity index is 2.69. The third-order valence-corrected chi connectivity index (χ3v) is 4.03. The molecule has 0 unspecified atom stereocenters. The summed E-state index contributed by atoms with van der Waals surface area (Å²) in [4.78, 5) is 13.2. The van der Waals surface area contributed by atoms with Gasteiger partial charge in [0.15, 0.2) is 0 Å². The second-order valence-corrected chi connectivity index (χ2v) is 6.72. The molecule has 0 fully saturated rings. The van der Waals surface area contributed by atoms with Crippen molar-refractivity contribution in [3.8, 4) is 0 Å². The number of nitrogens with one attached hydrogen (secondary N) is 1. The van der Waals surface area contributed by atoms with Crippen molar-refractivity contribution in [1.29, 1.82) is 0 Å². The molecule has 1 rings (SSSR count). The number of thioether (sulfide) groups is 1. The smallest absolute Gasteiger partial charge is 0.252 e. The monoisotopic (exact) mass is 315 g/mol. The van der Waals surface area contributed by atoms with Gasteiger partial charge in [0.05, 0.1) is 11.7 Å². The van der Waals surface area contributed by atoms with Gasteiger partial charge in [0, 0.05) is 16.5 Å². The largest absolute Gasteiger partial charge is 0.393 e. The van der Waals surface area contributed by atoms with Crippen molar-refractivity contribution >= 4 is 29.3 Å². The molecule has 1 aromatic rings. The summed E-state index contributed by atoms with van der Waals surface area (Å²) in [5, 5.41) is 12.8. The van der Waals surface area contributed by atoms with Gasteiger partial charge in [0.25, 0.3) is 5.91 Å². The van der Waals surface area contributed by atoms with Gasteiger partial charge in [-0.05, 0) is 43.2 Å². The Morgan fingerprint density at radius 1 is 1.45 bits per heavy atom. The van der Waals surface area contributed by atoms with Crippen molar-refractivity contribution in [1.82, 2.24) is 5.32 Å². The lowest BCUT2D eigenvalue weighted by molar-refractivity contribution is 0.0936. The third-order valence-electron chi connectivity index (χ3n) is 2.84.